The molecule has 0 heterocycles. The highest BCUT2D eigenvalue weighted by atomic mass is 16.5. The van der Waals surface area contributed by atoms with Gasteiger partial charge in [0.25, 0.3) is 0 Å². The van der Waals surface area contributed by atoms with Gasteiger partial charge >= 0.3 is 0 Å². The summed E-state index contributed by atoms with van der Waals surface area (Å²) in [5.41, 5.74) is 0.230. The van der Waals surface area contributed by atoms with E-state index in [1.54, 1.807) is 14.2 Å². The molecular weight excluding hydrogens is 176 g/mol. The first kappa shape index (κ1) is 13.9. The molecule has 86 valence electrons. The molecule has 2 nitrogen and oxygen atoms in total. The highest BCUT2D eigenvalue weighted by Crippen LogP contribution is 2.30. The Labute approximate surface area is 89.0 Å². The van der Waals surface area contributed by atoms with E-state index in [0.29, 0.717) is 0 Å². The van der Waals surface area contributed by atoms with Crippen LogP contribution in [0.3, 0.4) is 0 Å². The van der Waals surface area contributed by atoms with Crippen LogP contribution in [0.15, 0.2) is 0 Å². The van der Waals surface area contributed by atoms with Gasteiger partial charge in [-0.15, -0.1) is 0 Å². The summed E-state index contributed by atoms with van der Waals surface area (Å²) in [4.78, 5) is 0. The minimum atomic E-state index is 0.230. The molecule has 0 spiro atoms. The minimum absolute atomic E-state index is 0.230. The molecule has 0 aliphatic heterocycles. The molecule has 0 aromatic carbocycles. The quantitative estimate of drug-likeness (QED) is 0.602. The Kier molecular flexibility index (Phi) is 7.20. The topological polar surface area (TPSA) is 18.5 Å². The van der Waals surface area contributed by atoms with Crippen molar-refractivity contribution in [3.8, 4) is 0 Å². The summed E-state index contributed by atoms with van der Waals surface area (Å²) in [5.74, 6) is 0.759. The van der Waals surface area contributed by atoms with Crippen LogP contribution in [0, 0.1) is 11.3 Å². The van der Waals surface area contributed by atoms with Crippen molar-refractivity contribution in [2.75, 3.05) is 27.4 Å². The van der Waals surface area contributed by atoms with Gasteiger partial charge in [-0.2, -0.15) is 0 Å². The summed E-state index contributed by atoms with van der Waals surface area (Å²) in [6.07, 6.45) is 3.57. The maximum absolute atomic E-state index is 5.30. The van der Waals surface area contributed by atoms with Gasteiger partial charge in [-0.25, -0.2) is 0 Å². The predicted molar refractivity (Wildman–Crippen MR) is 60.5 cm³/mol. The van der Waals surface area contributed by atoms with Crippen LogP contribution in [0.5, 0.6) is 0 Å². The van der Waals surface area contributed by atoms with Crippen molar-refractivity contribution in [1.82, 2.24) is 0 Å². The highest BCUT2D eigenvalue weighted by Gasteiger charge is 2.28. The van der Waals surface area contributed by atoms with Crippen molar-refractivity contribution in [1.29, 1.82) is 0 Å². The third-order valence-electron chi connectivity index (χ3n) is 2.90. The molecule has 0 N–H and O–H groups in total. The molecular formula is C12H26O2. The molecule has 0 saturated heterocycles. The fourth-order valence-corrected chi connectivity index (χ4v) is 1.77. The lowest BCUT2D eigenvalue weighted by atomic mass is 9.80. The van der Waals surface area contributed by atoms with Gasteiger partial charge in [0.15, 0.2) is 0 Å². The molecule has 0 saturated carbocycles. The zero-order chi connectivity index (χ0) is 11.0. The SMILES string of the molecule is CCC(CCC(C)C)(COC)COC. The van der Waals surface area contributed by atoms with E-state index in [2.05, 4.69) is 20.8 Å². The van der Waals surface area contributed by atoms with Gasteiger partial charge in [0.1, 0.15) is 0 Å². The predicted octanol–water partition coefficient (Wildman–Crippen LogP) is 3.11. The molecule has 0 fully saturated rings. The number of methoxy groups -OCH3 is 2. The molecule has 0 aliphatic rings. The number of hydrogen-bond donors (Lipinski definition) is 0. The van der Waals surface area contributed by atoms with E-state index >= 15 is 0 Å². The Morgan fingerprint density at radius 2 is 1.57 bits per heavy atom. The third-order valence-corrected chi connectivity index (χ3v) is 2.90. The van der Waals surface area contributed by atoms with Crippen LogP contribution in [0.4, 0.5) is 0 Å². The molecule has 0 bridgehead atoms. The van der Waals surface area contributed by atoms with Crippen LogP contribution in [-0.4, -0.2) is 27.4 Å². The van der Waals surface area contributed by atoms with Crippen molar-refractivity contribution >= 4 is 0 Å². The van der Waals surface area contributed by atoms with Gasteiger partial charge in [0, 0.05) is 19.6 Å². The largest absolute Gasteiger partial charge is 0.384 e. The molecule has 0 amide bonds. The van der Waals surface area contributed by atoms with Crippen LogP contribution in [0.2, 0.25) is 0 Å². The number of rotatable bonds is 8. The molecule has 2 heteroatoms. The lowest BCUT2D eigenvalue weighted by molar-refractivity contribution is -0.00130. The highest BCUT2D eigenvalue weighted by molar-refractivity contribution is 4.77. The zero-order valence-electron chi connectivity index (χ0n) is 10.4. The van der Waals surface area contributed by atoms with E-state index in [9.17, 15) is 0 Å². The minimum Gasteiger partial charge on any atom is -0.384 e. The van der Waals surface area contributed by atoms with E-state index in [0.717, 1.165) is 25.6 Å². The molecule has 0 atom stereocenters. The second-order valence-corrected chi connectivity index (χ2v) is 4.65. The van der Waals surface area contributed by atoms with E-state index in [-0.39, 0.29) is 5.41 Å². The van der Waals surface area contributed by atoms with Gasteiger partial charge < -0.3 is 9.47 Å². The second kappa shape index (κ2) is 7.24. The van der Waals surface area contributed by atoms with E-state index in [1.165, 1.54) is 12.8 Å². The normalized spacial score (nSPS) is 12.4. The number of ether oxygens (including phenoxy) is 2. The Balaban J connectivity index is 4.17. The average molecular weight is 202 g/mol. The molecule has 0 rings (SSSR count). The van der Waals surface area contributed by atoms with Crippen molar-refractivity contribution < 1.29 is 9.47 Å². The third kappa shape index (κ3) is 4.97. The Morgan fingerprint density at radius 3 is 1.86 bits per heavy atom. The van der Waals surface area contributed by atoms with E-state index in [1.807, 2.05) is 0 Å². The van der Waals surface area contributed by atoms with E-state index < -0.39 is 0 Å². The first-order valence-corrected chi connectivity index (χ1v) is 5.58. The Hall–Kier alpha value is -0.0800. The molecule has 0 radical (unpaired) electrons. The van der Waals surface area contributed by atoms with Gasteiger partial charge in [0.2, 0.25) is 0 Å². The zero-order valence-corrected chi connectivity index (χ0v) is 10.4. The van der Waals surface area contributed by atoms with Crippen molar-refractivity contribution in [2.24, 2.45) is 11.3 Å². The lowest BCUT2D eigenvalue weighted by Gasteiger charge is -2.32. The van der Waals surface area contributed by atoms with Gasteiger partial charge in [-0.05, 0) is 18.8 Å². The first-order valence-electron chi connectivity index (χ1n) is 5.58. The van der Waals surface area contributed by atoms with Crippen molar-refractivity contribution in [3.05, 3.63) is 0 Å². The summed E-state index contributed by atoms with van der Waals surface area (Å²) < 4.78 is 10.6. The molecule has 14 heavy (non-hydrogen) atoms. The van der Waals surface area contributed by atoms with Gasteiger partial charge in [-0.3, -0.25) is 0 Å². The average Bonchev–Trinajstić information content (AvgIpc) is 2.15. The summed E-state index contributed by atoms with van der Waals surface area (Å²) >= 11 is 0. The van der Waals surface area contributed by atoms with Crippen LogP contribution >= 0.6 is 0 Å². The molecule has 0 aromatic heterocycles. The Bertz CT molecular complexity index is 126. The smallest absolute Gasteiger partial charge is 0.0540 e. The fraction of sp³-hybridized carbons (Fsp3) is 1.00. The first-order chi connectivity index (χ1) is 6.60. The van der Waals surface area contributed by atoms with Crippen molar-refractivity contribution in [2.45, 2.75) is 40.0 Å². The maximum atomic E-state index is 5.30. The molecule has 0 unspecified atom stereocenters. The Morgan fingerprint density at radius 1 is 1.07 bits per heavy atom. The summed E-state index contributed by atoms with van der Waals surface area (Å²) in [6, 6.07) is 0. The standard InChI is InChI=1S/C12H26O2/c1-6-12(9-13-4,10-14-5)8-7-11(2)3/h11H,6-10H2,1-5H3. The summed E-state index contributed by atoms with van der Waals surface area (Å²) in [7, 11) is 3.55. The van der Waals surface area contributed by atoms with Crippen molar-refractivity contribution in [3.63, 3.8) is 0 Å². The summed E-state index contributed by atoms with van der Waals surface area (Å²) in [5, 5.41) is 0. The number of hydrogen-bond acceptors (Lipinski definition) is 2. The molecule has 0 aliphatic carbocycles. The van der Waals surface area contributed by atoms with Gasteiger partial charge in [0.05, 0.1) is 13.2 Å². The van der Waals surface area contributed by atoms with Crippen LogP contribution in [0.25, 0.3) is 0 Å². The lowest BCUT2D eigenvalue weighted by Crippen LogP contribution is -2.31. The van der Waals surface area contributed by atoms with Crippen LogP contribution in [0.1, 0.15) is 40.0 Å². The fourth-order valence-electron chi connectivity index (χ4n) is 1.77. The van der Waals surface area contributed by atoms with Crippen LogP contribution < -0.4 is 0 Å². The van der Waals surface area contributed by atoms with Crippen LogP contribution in [-0.2, 0) is 9.47 Å². The second-order valence-electron chi connectivity index (χ2n) is 4.65. The summed E-state index contributed by atoms with van der Waals surface area (Å²) in [6.45, 7) is 8.37. The van der Waals surface area contributed by atoms with E-state index in [4.69, 9.17) is 9.47 Å². The monoisotopic (exact) mass is 202 g/mol. The maximum Gasteiger partial charge on any atom is 0.0540 e. The van der Waals surface area contributed by atoms with Gasteiger partial charge in [-0.1, -0.05) is 27.2 Å². The molecule has 0 aromatic rings.